The average Bonchev–Trinajstić information content (AvgIpc) is 2.80. The van der Waals surface area contributed by atoms with Gasteiger partial charge in [-0.1, -0.05) is 13.0 Å². The Morgan fingerprint density at radius 1 is 1.35 bits per heavy atom. The average molecular weight is 277 g/mol. The molecule has 1 aliphatic heterocycles. The van der Waals surface area contributed by atoms with Gasteiger partial charge >= 0.3 is 5.97 Å². The van der Waals surface area contributed by atoms with E-state index in [0.717, 1.165) is 5.56 Å². The molecule has 2 atom stereocenters. The van der Waals surface area contributed by atoms with Crippen LogP contribution in [0.2, 0.25) is 0 Å². The highest BCUT2D eigenvalue weighted by Crippen LogP contribution is 2.26. The number of rotatable bonds is 3. The van der Waals surface area contributed by atoms with Crippen LogP contribution >= 0.6 is 0 Å². The third-order valence-electron chi connectivity index (χ3n) is 3.87. The Morgan fingerprint density at radius 2 is 2.05 bits per heavy atom. The van der Waals surface area contributed by atoms with Crippen molar-refractivity contribution in [2.24, 2.45) is 11.8 Å². The number of ether oxygens (including phenoxy) is 1. The van der Waals surface area contributed by atoms with Gasteiger partial charge in [-0.05, 0) is 30.5 Å². The monoisotopic (exact) mass is 277 g/mol. The molecule has 20 heavy (non-hydrogen) atoms. The fraction of sp³-hybridized carbons (Fsp3) is 0.467. The summed E-state index contributed by atoms with van der Waals surface area (Å²) in [5, 5.41) is 9.11. The number of hydrogen-bond acceptors (Lipinski definition) is 3. The lowest BCUT2D eigenvalue weighted by atomic mass is 9.99. The number of amides is 1. The first-order valence-corrected chi connectivity index (χ1v) is 6.60. The molecule has 0 bridgehead atoms. The molecule has 2 rings (SSSR count). The zero-order valence-electron chi connectivity index (χ0n) is 11.9. The maximum atomic E-state index is 12.4. The van der Waals surface area contributed by atoms with Crippen molar-refractivity contribution < 1.29 is 19.4 Å². The van der Waals surface area contributed by atoms with Gasteiger partial charge in [0.25, 0.3) is 5.91 Å². The molecule has 5 nitrogen and oxygen atoms in total. The van der Waals surface area contributed by atoms with Crippen LogP contribution in [0, 0.1) is 18.8 Å². The van der Waals surface area contributed by atoms with Crippen LogP contribution in [0.1, 0.15) is 22.8 Å². The van der Waals surface area contributed by atoms with Crippen LogP contribution in [0.15, 0.2) is 18.2 Å². The van der Waals surface area contributed by atoms with E-state index in [1.54, 1.807) is 24.1 Å². The number of likely N-dealkylation sites (tertiary alicyclic amines) is 1. The molecule has 1 aliphatic rings. The Balaban J connectivity index is 2.18. The van der Waals surface area contributed by atoms with Crippen molar-refractivity contribution in [1.82, 2.24) is 4.90 Å². The first-order chi connectivity index (χ1) is 9.43. The molecular weight excluding hydrogens is 258 g/mol. The number of nitrogens with zero attached hydrogens (tertiary/aromatic N) is 1. The minimum Gasteiger partial charge on any atom is -0.496 e. The summed E-state index contributed by atoms with van der Waals surface area (Å²) in [7, 11) is 1.56. The van der Waals surface area contributed by atoms with Crippen LogP contribution in [0.4, 0.5) is 0 Å². The first-order valence-electron chi connectivity index (χ1n) is 6.60. The standard InChI is InChI=1S/C15H19NO4/c1-9-4-5-11(6-13(9)20-3)14(17)16-7-10(2)12(8-16)15(18)19/h4-6,10,12H,7-8H2,1-3H3,(H,18,19). The van der Waals surface area contributed by atoms with Crippen LogP contribution < -0.4 is 4.74 Å². The number of hydrogen-bond donors (Lipinski definition) is 1. The Kier molecular flexibility index (Phi) is 3.97. The van der Waals surface area contributed by atoms with E-state index >= 15 is 0 Å². The molecule has 1 saturated heterocycles. The van der Waals surface area contributed by atoms with E-state index in [9.17, 15) is 9.59 Å². The molecule has 0 aromatic heterocycles. The minimum absolute atomic E-state index is 0.0243. The van der Waals surface area contributed by atoms with Gasteiger partial charge in [-0.25, -0.2) is 0 Å². The van der Waals surface area contributed by atoms with Crippen molar-refractivity contribution in [2.75, 3.05) is 20.2 Å². The molecule has 1 aromatic rings. The van der Waals surface area contributed by atoms with Crippen LogP contribution in [-0.2, 0) is 4.79 Å². The van der Waals surface area contributed by atoms with Crippen molar-refractivity contribution in [3.63, 3.8) is 0 Å². The van der Waals surface area contributed by atoms with Gasteiger partial charge in [0, 0.05) is 18.7 Å². The number of benzene rings is 1. The van der Waals surface area contributed by atoms with Crippen molar-refractivity contribution in [2.45, 2.75) is 13.8 Å². The van der Waals surface area contributed by atoms with Crippen molar-refractivity contribution in [1.29, 1.82) is 0 Å². The van der Waals surface area contributed by atoms with Gasteiger partial charge < -0.3 is 14.7 Å². The second-order valence-electron chi connectivity index (χ2n) is 5.32. The molecule has 1 N–H and O–H groups in total. The Bertz CT molecular complexity index is 541. The van der Waals surface area contributed by atoms with Crippen molar-refractivity contribution >= 4 is 11.9 Å². The number of aliphatic carboxylic acids is 1. The molecule has 0 spiro atoms. The lowest BCUT2D eigenvalue weighted by Crippen LogP contribution is -2.29. The SMILES string of the molecule is COc1cc(C(=O)N2CC(C)C(C(=O)O)C2)ccc1C. The summed E-state index contributed by atoms with van der Waals surface area (Å²) < 4.78 is 5.21. The lowest BCUT2D eigenvalue weighted by molar-refractivity contribution is -0.142. The fourth-order valence-electron chi connectivity index (χ4n) is 2.59. The summed E-state index contributed by atoms with van der Waals surface area (Å²) in [4.78, 5) is 25.1. The van der Waals surface area contributed by atoms with Crippen LogP contribution in [0.3, 0.4) is 0 Å². The van der Waals surface area contributed by atoms with E-state index in [1.807, 2.05) is 19.9 Å². The van der Waals surface area contributed by atoms with E-state index < -0.39 is 11.9 Å². The molecule has 2 unspecified atom stereocenters. The molecule has 1 amide bonds. The van der Waals surface area contributed by atoms with Gasteiger partial charge in [-0.3, -0.25) is 9.59 Å². The smallest absolute Gasteiger partial charge is 0.308 e. The maximum absolute atomic E-state index is 12.4. The molecule has 108 valence electrons. The number of methoxy groups -OCH3 is 1. The topological polar surface area (TPSA) is 66.8 Å². The fourth-order valence-corrected chi connectivity index (χ4v) is 2.59. The number of carboxylic acids is 1. The Labute approximate surface area is 118 Å². The van der Waals surface area contributed by atoms with E-state index in [1.165, 1.54) is 0 Å². The number of aryl methyl sites for hydroxylation is 1. The number of carboxylic acid groups (broad SMARTS) is 1. The van der Waals surface area contributed by atoms with Gasteiger partial charge in [0.05, 0.1) is 13.0 Å². The zero-order chi connectivity index (χ0) is 14.9. The van der Waals surface area contributed by atoms with Gasteiger partial charge in [-0.15, -0.1) is 0 Å². The van der Waals surface area contributed by atoms with Crippen LogP contribution in [0.5, 0.6) is 5.75 Å². The van der Waals surface area contributed by atoms with Crippen LogP contribution in [0.25, 0.3) is 0 Å². The highest BCUT2D eigenvalue weighted by atomic mass is 16.5. The highest BCUT2D eigenvalue weighted by Gasteiger charge is 2.37. The van der Waals surface area contributed by atoms with Gasteiger partial charge in [0.15, 0.2) is 0 Å². The molecule has 1 aromatic carbocycles. The number of carbonyl (C=O) groups excluding carboxylic acids is 1. The molecule has 0 radical (unpaired) electrons. The van der Waals surface area contributed by atoms with Crippen molar-refractivity contribution in [3.8, 4) is 5.75 Å². The molecule has 1 heterocycles. The zero-order valence-corrected chi connectivity index (χ0v) is 11.9. The quantitative estimate of drug-likeness (QED) is 0.914. The van der Waals surface area contributed by atoms with E-state index in [-0.39, 0.29) is 18.4 Å². The van der Waals surface area contributed by atoms with E-state index in [4.69, 9.17) is 9.84 Å². The summed E-state index contributed by atoms with van der Waals surface area (Å²) in [6.45, 7) is 4.52. The summed E-state index contributed by atoms with van der Waals surface area (Å²) in [5.74, 6) is -0.818. The normalized spacial score (nSPS) is 21.9. The van der Waals surface area contributed by atoms with E-state index in [0.29, 0.717) is 17.9 Å². The molecular formula is C15H19NO4. The van der Waals surface area contributed by atoms with Crippen molar-refractivity contribution in [3.05, 3.63) is 29.3 Å². The largest absolute Gasteiger partial charge is 0.496 e. The third kappa shape index (κ3) is 2.61. The van der Waals surface area contributed by atoms with E-state index in [2.05, 4.69) is 0 Å². The Hall–Kier alpha value is -2.04. The second kappa shape index (κ2) is 5.53. The summed E-state index contributed by atoms with van der Waals surface area (Å²) in [6, 6.07) is 5.29. The first kappa shape index (κ1) is 14.4. The summed E-state index contributed by atoms with van der Waals surface area (Å²) >= 11 is 0. The van der Waals surface area contributed by atoms with Gasteiger partial charge in [0.2, 0.25) is 0 Å². The number of carbonyl (C=O) groups is 2. The molecule has 5 heteroatoms. The van der Waals surface area contributed by atoms with Gasteiger partial charge in [-0.2, -0.15) is 0 Å². The second-order valence-corrected chi connectivity index (χ2v) is 5.32. The molecule has 1 fully saturated rings. The van der Waals surface area contributed by atoms with Crippen LogP contribution in [-0.4, -0.2) is 42.1 Å². The minimum atomic E-state index is -0.839. The molecule has 0 saturated carbocycles. The lowest BCUT2D eigenvalue weighted by Gasteiger charge is -2.17. The summed E-state index contributed by atoms with van der Waals surface area (Å²) in [6.07, 6.45) is 0. The highest BCUT2D eigenvalue weighted by molar-refractivity contribution is 5.95. The molecule has 0 aliphatic carbocycles. The predicted molar refractivity (Wildman–Crippen MR) is 73.9 cm³/mol. The maximum Gasteiger partial charge on any atom is 0.308 e. The van der Waals surface area contributed by atoms with Gasteiger partial charge in [0.1, 0.15) is 5.75 Å². The summed E-state index contributed by atoms with van der Waals surface area (Å²) in [5.41, 5.74) is 1.49. The predicted octanol–water partition coefficient (Wildman–Crippen LogP) is 1.80. The Morgan fingerprint density at radius 3 is 2.60 bits per heavy atom. The third-order valence-corrected chi connectivity index (χ3v) is 3.87.